The number of rotatable bonds is 4. The Balaban J connectivity index is 2.99. The van der Waals surface area contributed by atoms with Crippen LogP contribution in [0.4, 0.5) is 0 Å². The number of amidine groups is 1. The standard InChI is InChI=1S/C11H16N4O/c1-4-14-15-10(12-3)9-7-6-8-13-11(9)16-5-2/h4,6-8H,5H2,1-3H3,(H,12,15)/b14-4+. The van der Waals surface area contributed by atoms with Crippen LogP contribution in [0.5, 0.6) is 5.88 Å². The van der Waals surface area contributed by atoms with Gasteiger partial charge in [0.1, 0.15) is 0 Å². The quantitative estimate of drug-likeness (QED) is 0.474. The Morgan fingerprint density at radius 1 is 1.62 bits per heavy atom. The Labute approximate surface area is 95.3 Å². The zero-order chi connectivity index (χ0) is 11.8. The molecule has 0 spiro atoms. The van der Waals surface area contributed by atoms with Crippen LogP contribution in [0.2, 0.25) is 0 Å². The van der Waals surface area contributed by atoms with E-state index < -0.39 is 0 Å². The average molecular weight is 220 g/mol. The summed E-state index contributed by atoms with van der Waals surface area (Å²) in [6.07, 6.45) is 3.34. The maximum absolute atomic E-state index is 5.42. The summed E-state index contributed by atoms with van der Waals surface area (Å²) in [7, 11) is 1.69. The molecule has 0 saturated carbocycles. The van der Waals surface area contributed by atoms with E-state index in [4.69, 9.17) is 4.74 Å². The first-order valence-corrected chi connectivity index (χ1v) is 5.12. The second-order valence-electron chi connectivity index (χ2n) is 2.86. The van der Waals surface area contributed by atoms with Gasteiger partial charge >= 0.3 is 0 Å². The monoisotopic (exact) mass is 220 g/mol. The zero-order valence-corrected chi connectivity index (χ0v) is 9.77. The van der Waals surface area contributed by atoms with Crippen molar-refractivity contribution in [1.29, 1.82) is 0 Å². The molecule has 1 rings (SSSR count). The van der Waals surface area contributed by atoms with E-state index in [1.165, 1.54) is 0 Å². The van der Waals surface area contributed by atoms with Gasteiger partial charge < -0.3 is 4.74 Å². The molecule has 0 aliphatic carbocycles. The molecule has 0 radical (unpaired) electrons. The number of hydrogen-bond donors (Lipinski definition) is 1. The summed E-state index contributed by atoms with van der Waals surface area (Å²) in [6, 6.07) is 3.72. The first-order chi connectivity index (χ1) is 7.83. The van der Waals surface area contributed by atoms with Gasteiger partial charge in [0.05, 0.1) is 12.2 Å². The largest absolute Gasteiger partial charge is 0.477 e. The molecule has 1 aromatic rings. The third-order valence-corrected chi connectivity index (χ3v) is 1.83. The summed E-state index contributed by atoms with van der Waals surface area (Å²) in [5, 5.41) is 3.93. The van der Waals surface area contributed by atoms with Crippen LogP contribution in [0.15, 0.2) is 28.4 Å². The van der Waals surface area contributed by atoms with Gasteiger partial charge in [0, 0.05) is 19.5 Å². The van der Waals surface area contributed by atoms with E-state index in [1.54, 1.807) is 19.5 Å². The summed E-state index contributed by atoms with van der Waals surface area (Å²) < 4.78 is 5.42. The van der Waals surface area contributed by atoms with Gasteiger partial charge in [-0.25, -0.2) is 4.98 Å². The average Bonchev–Trinajstić information content (AvgIpc) is 2.32. The van der Waals surface area contributed by atoms with E-state index in [1.807, 2.05) is 26.0 Å². The minimum atomic E-state index is 0.560. The lowest BCUT2D eigenvalue weighted by atomic mass is 10.2. The fourth-order valence-corrected chi connectivity index (χ4v) is 1.18. The zero-order valence-electron chi connectivity index (χ0n) is 9.77. The Kier molecular flexibility index (Phi) is 4.98. The Morgan fingerprint density at radius 2 is 2.44 bits per heavy atom. The minimum absolute atomic E-state index is 0.560. The van der Waals surface area contributed by atoms with Gasteiger partial charge in [-0.05, 0) is 26.0 Å². The highest BCUT2D eigenvalue weighted by Crippen LogP contribution is 2.14. The highest BCUT2D eigenvalue weighted by molar-refractivity contribution is 6.00. The third-order valence-electron chi connectivity index (χ3n) is 1.83. The molecule has 1 heterocycles. The summed E-state index contributed by atoms with van der Waals surface area (Å²) in [4.78, 5) is 8.26. The lowest BCUT2D eigenvalue weighted by Gasteiger charge is -2.09. The van der Waals surface area contributed by atoms with Crippen molar-refractivity contribution in [3.63, 3.8) is 0 Å². The van der Waals surface area contributed by atoms with Gasteiger partial charge in [0.25, 0.3) is 0 Å². The van der Waals surface area contributed by atoms with Crippen LogP contribution in [0.1, 0.15) is 19.4 Å². The van der Waals surface area contributed by atoms with Gasteiger partial charge in [-0.15, -0.1) is 0 Å². The van der Waals surface area contributed by atoms with Crippen molar-refractivity contribution >= 4 is 12.1 Å². The van der Waals surface area contributed by atoms with Crippen LogP contribution in [0, 0.1) is 0 Å². The van der Waals surface area contributed by atoms with Crippen LogP contribution < -0.4 is 10.2 Å². The normalized spacial score (nSPS) is 11.8. The molecule has 0 bridgehead atoms. The van der Waals surface area contributed by atoms with Gasteiger partial charge in [0.2, 0.25) is 5.88 Å². The number of nitrogens with zero attached hydrogens (tertiary/aromatic N) is 3. The molecule has 0 atom stereocenters. The van der Waals surface area contributed by atoms with Crippen molar-refractivity contribution in [3.05, 3.63) is 23.9 Å². The topological polar surface area (TPSA) is 58.9 Å². The predicted octanol–water partition coefficient (Wildman–Crippen LogP) is 1.45. The molecule has 0 amide bonds. The number of nitrogens with one attached hydrogen (secondary N) is 1. The Hall–Kier alpha value is -1.91. The fraction of sp³-hybridized carbons (Fsp3) is 0.364. The molecule has 0 saturated heterocycles. The van der Waals surface area contributed by atoms with Gasteiger partial charge in [-0.2, -0.15) is 5.10 Å². The minimum Gasteiger partial charge on any atom is -0.477 e. The van der Waals surface area contributed by atoms with Crippen molar-refractivity contribution in [3.8, 4) is 5.88 Å². The summed E-state index contributed by atoms with van der Waals surface area (Å²) in [6.45, 7) is 4.31. The molecule has 0 aliphatic heterocycles. The SMILES string of the molecule is C/C=N/NC(=NC)c1cccnc1OCC. The summed E-state index contributed by atoms with van der Waals surface area (Å²) in [5.41, 5.74) is 3.64. The number of ether oxygens (including phenoxy) is 1. The van der Waals surface area contributed by atoms with Crippen molar-refractivity contribution in [1.82, 2.24) is 10.4 Å². The second kappa shape index (κ2) is 6.55. The first kappa shape index (κ1) is 12.2. The van der Waals surface area contributed by atoms with Crippen molar-refractivity contribution in [2.75, 3.05) is 13.7 Å². The first-order valence-electron chi connectivity index (χ1n) is 5.12. The predicted molar refractivity (Wildman–Crippen MR) is 65.2 cm³/mol. The lowest BCUT2D eigenvalue weighted by molar-refractivity contribution is 0.326. The number of aromatic nitrogens is 1. The molecule has 1 N–H and O–H groups in total. The van der Waals surface area contributed by atoms with Crippen LogP contribution in [-0.2, 0) is 0 Å². The van der Waals surface area contributed by atoms with E-state index in [0.29, 0.717) is 18.3 Å². The summed E-state index contributed by atoms with van der Waals surface area (Å²) in [5.74, 6) is 1.19. The fourth-order valence-electron chi connectivity index (χ4n) is 1.18. The number of pyridine rings is 1. The molecule has 0 fully saturated rings. The molecule has 0 aliphatic rings. The molecule has 16 heavy (non-hydrogen) atoms. The van der Waals surface area contributed by atoms with E-state index in [-0.39, 0.29) is 0 Å². The highest BCUT2D eigenvalue weighted by Gasteiger charge is 2.09. The highest BCUT2D eigenvalue weighted by atomic mass is 16.5. The summed E-state index contributed by atoms with van der Waals surface area (Å²) >= 11 is 0. The van der Waals surface area contributed by atoms with Crippen molar-refractivity contribution < 1.29 is 4.74 Å². The van der Waals surface area contributed by atoms with Crippen LogP contribution in [0.25, 0.3) is 0 Å². The molecule has 5 heteroatoms. The Morgan fingerprint density at radius 3 is 3.06 bits per heavy atom. The lowest BCUT2D eigenvalue weighted by Crippen LogP contribution is -2.20. The van der Waals surface area contributed by atoms with Crippen molar-refractivity contribution in [2.45, 2.75) is 13.8 Å². The molecular formula is C11H16N4O. The third kappa shape index (κ3) is 3.05. The molecule has 0 aromatic carbocycles. The smallest absolute Gasteiger partial charge is 0.224 e. The van der Waals surface area contributed by atoms with Crippen LogP contribution in [-0.4, -0.2) is 30.7 Å². The number of hydrogen-bond acceptors (Lipinski definition) is 4. The van der Waals surface area contributed by atoms with Gasteiger partial charge in [0.15, 0.2) is 5.84 Å². The number of aliphatic imine (C=N–C) groups is 1. The van der Waals surface area contributed by atoms with Gasteiger partial charge in [-0.1, -0.05) is 0 Å². The molecule has 5 nitrogen and oxygen atoms in total. The van der Waals surface area contributed by atoms with E-state index >= 15 is 0 Å². The van der Waals surface area contributed by atoms with E-state index in [9.17, 15) is 0 Å². The van der Waals surface area contributed by atoms with Crippen LogP contribution in [0.3, 0.4) is 0 Å². The molecule has 86 valence electrons. The Bertz CT molecular complexity index is 387. The molecule has 1 aromatic heterocycles. The maximum Gasteiger partial charge on any atom is 0.224 e. The molecule has 0 unspecified atom stereocenters. The van der Waals surface area contributed by atoms with Crippen LogP contribution >= 0.6 is 0 Å². The molecular weight excluding hydrogens is 204 g/mol. The number of hydrazone groups is 1. The maximum atomic E-state index is 5.42. The van der Waals surface area contributed by atoms with Crippen molar-refractivity contribution in [2.24, 2.45) is 10.1 Å². The van der Waals surface area contributed by atoms with Gasteiger partial charge in [-0.3, -0.25) is 10.4 Å². The van der Waals surface area contributed by atoms with E-state index in [2.05, 4.69) is 20.5 Å². The van der Waals surface area contributed by atoms with E-state index in [0.717, 1.165) is 5.56 Å². The second-order valence-corrected chi connectivity index (χ2v) is 2.86.